The van der Waals surface area contributed by atoms with Crippen LogP contribution in [0.2, 0.25) is 0 Å². The van der Waals surface area contributed by atoms with E-state index in [1.807, 2.05) is 0 Å². The summed E-state index contributed by atoms with van der Waals surface area (Å²) >= 11 is 0. The number of piperidine rings is 1. The van der Waals surface area contributed by atoms with Gasteiger partial charge in [-0.3, -0.25) is 0 Å². The van der Waals surface area contributed by atoms with Crippen molar-refractivity contribution in [3.05, 3.63) is 18.0 Å². The molecule has 0 radical (unpaired) electrons. The van der Waals surface area contributed by atoms with E-state index in [2.05, 4.69) is 11.9 Å². The number of nitrogens with one attached hydrogen (secondary N) is 1. The predicted octanol–water partition coefficient (Wildman–Crippen LogP) is 1.28. The fraction of sp³-hybridized carbons (Fsp3) is 0.667. The Morgan fingerprint density at radius 2 is 2.11 bits per heavy atom. The van der Waals surface area contributed by atoms with Gasteiger partial charge in [0, 0.05) is 31.5 Å². The van der Waals surface area contributed by atoms with Crippen LogP contribution in [0.5, 0.6) is 0 Å². The molecule has 1 fully saturated rings. The van der Waals surface area contributed by atoms with Gasteiger partial charge < -0.3 is 10.7 Å². The van der Waals surface area contributed by atoms with Crippen molar-refractivity contribution in [3.63, 3.8) is 0 Å². The summed E-state index contributed by atoms with van der Waals surface area (Å²) in [6, 6.07) is 1.63. The number of aromatic nitrogens is 1. The van der Waals surface area contributed by atoms with E-state index in [1.54, 1.807) is 10.4 Å². The first-order chi connectivity index (χ1) is 8.57. The van der Waals surface area contributed by atoms with Crippen molar-refractivity contribution >= 4 is 10.0 Å². The molecule has 0 unspecified atom stereocenters. The van der Waals surface area contributed by atoms with Crippen LogP contribution in [-0.4, -0.2) is 30.8 Å². The van der Waals surface area contributed by atoms with Gasteiger partial charge in [-0.25, -0.2) is 8.42 Å². The molecule has 0 aliphatic carbocycles. The average molecular weight is 271 g/mol. The molecule has 18 heavy (non-hydrogen) atoms. The number of nitrogens with zero attached hydrogens (tertiary/aromatic N) is 1. The Hall–Kier alpha value is -0.850. The summed E-state index contributed by atoms with van der Waals surface area (Å²) in [4.78, 5) is 3.22. The van der Waals surface area contributed by atoms with Gasteiger partial charge in [-0.1, -0.05) is 13.3 Å². The predicted molar refractivity (Wildman–Crippen MR) is 70.5 cm³/mol. The largest absolute Gasteiger partial charge is 0.363 e. The molecule has 0 bridgehead atoms. The van der Waals surface area contributed by atoms with Crippen LogP contribution in [0.4, 0.5) is 0 Å². The molecule has 1 aliphatic rings. The number of hydrogen-bond donors (Lipinski definition) is 2. The summed E-state index contributed by atoms with van der Waals surface area (Å²) in [5.41, 5.74) is 6.23. The van der Waals surface area contributed by atoms with Crippen molar-refractivity contribution in [2.45, 2.75) is 37.6 Å². The van der Waals surface area contributed by atoms with Crippen LogP contribution < -0.4 is 5.73 Å². The molecule has 1 aliphatic heterocycles. The number of aromatic amines is 1. The molecular weight excluding hydrogens is 250 g/mol. The quantitative estimate of drug-likeness (QED) is 0.866. The smallest absolute Gasteiger partial charge is 0.244 e. The van der Waals surface area contributed by atoms with Crippen molar-refractivity contribution in [2.75, 3.05) is 13.1 Å². The molecule has 0 atom stereocenters. The summed E-state index contributed by atoms with van der Waals surface area (Å²) in [6.07, 6.45) is 4.59. The van der Waals surface area contributed by atoms with Gasteiger partial charge in [-0.15, -0.1) is 0 Å². The number of rotatable bonds is 4. The summed E-state index contributed by atoms with van der Waals surface area (Å²) < 4.78 is 26.3. The zero-order chi connectivity index (χ0) is 13.2. The molecule has 1 aromatic heterocycles. The highest BCUT2D eigenvalue weighted by Gasteiger charge is 2.29. The number of nitrogens with two attached hydrogens (primary N) is 1. The van der Waals surface area contributed by atoms with Gasteiger partial charge in [0.05, 0.1) is 4.90 Å². The first-order valence-corrected chi connectivity index (χ1v) is 7.89. The summed E-state index contributed by atoms with van der Waals surface area (Å²) in [5, 5.41) is 0. The van der Waals surface area contributed by atoms with E-state index >= 15 is 0 Å². The Balaban J connectivity index is 2.12. The first-order valence-electron chi connectivity index (χ1n) is 6.45. The highest BCUT2D eigenvalue weighted by molar-refractivity contribution is 7.89. The average Bonchev–Trinajstić information content (AvgIpc) is 2.88. The maximum atomic E-state index is 12.4. The first kappa shape index (κ1) is 13.6. The summed E-state index contributed by atoms with van der Waals surface area (Å²) in [7, 11) is -3.34. The van der Waals surface area contributed by atoms with Gasteiger partial charge in [0.1, 0.15) is 0 Å². The molecule has 3 N–H and O–H groups in total. The molecule has 0 saturated carbocycles. The van der Waals surface area contributed by atoms with Crippen LogP contribution in [-0.2, 0) is 16.6 Å². The maximum absolute atomic E-state index is 12.4. The van der Waals surface area contributed by atoms with Gasteiger partial charge in [0.2, 0.25) is 10.0 Å². The van der Waals surface area contributed by atoms with E-state index in [4.69, 9.17) is 5.73 Å². The fourth-order valence-corrected chi connectivity index (χ4v) is 3.88. The topological polar surface area (TPSA) is 79.2 Å². The number of H-pyrrole nitrogens is 1. The van der Waals surface area contributed by atoms with Crippen LogP contribution in [0.1, 0.15) is 31.9 Å². The van der Waals surface area contributed by atoms with Crippen LogP contribution in [0.3, 0.4) is 0 Å². The Morgan fingerprint density at radius 1 is 1.44 bits per heavy atom. The third-order valence-corrected chi connectivity index (χ3v) is 5.60. The summed E-state index contributed by atoms with van der Waals surface area (Å²) in [5.74, 6) is 0.669. The lowest BCUT2D eigenvalue weighted by molar-refractivity contribution is 0.269. The second kappa shape index (κ2) is 5.42. The van der Waals surface area contributed by atoms with Gasteiger partial charge in [-0.2, -0.15) is 4.31 Å². The highest BCUT2D eigenvalue weighted by atomic mass is 32.2. The van der Waals surface area contributed by atoms with E-state index in [1.165, 1.54) is 6.20 Å². The standard InChI is InChI=1S/C12H21N3O2S/c1-2-10-3-5-15(6-4-10)18(16,17)12-7-11(8-13)14-9-12/h7,9-10,14H,2-6,8,13H2,1H3. The lowest BCUT2D eigenvalue weighted by atomic mass is 9.96. The SMILES string of the molecule is CCC1CCN(S(=O)(=O)c2c[nH]c(CN)c2)CC1. The van der Waals surface area contributed by atoms with E-state index in [0.717, 1.165) is 25.0 Å². The van der Waals surface area contributed by atoms with Crippen LogP contribution >= 0.6 is 0 Å². The molecular formula is C12H21N3O2S. The molecule has 0 spiro atoms. The Morgan fingerprint density at radius 3 is 2.61 bits per heavy atom. The van der Waals surface area contributed by atoms with Crippen molar-refractivity contribution in [1.82, 2.24) is 9.29 Å². The highest BCUT2D eigenvalue weighted by Crippen LogP contribution is 2.25. The molecule has 102 valence electrons. The lowest BCUT2D eigenvalue weighted by Gasteiger charge is -2.30. The third kappa shape index (κ3) is 2.60. The van der Waals surface area contributed by atoms with Gasteiger partial charge in [-0.05, 0) is 24.8 Å². The van der Waals surface area contributed by atoms with Gasteiger partial charge in [0.15, 0.2) is 0 Å². The zero-order valence-corrected chi connectivity index (χ0v) is 11.5. The third-order valence-electron chi connectivity index (χ3n) is 3.72. The molecule has 2 heterocycles. The molecule has 6 heteroatoms. The minimum Gasteiger partial charge on any atom is -0.363 e. The van der Waals surface area contributed by atoms with E-state index in [9.17, 15) is 8.42 Å². The van der Waals surface area contributed by atoms with E-state index in [0.29, 0.717) is 30.4 Å². The summed E-state index contributed by atoms with van der Waals surface area (Å²) in [6.45, 7) is 3.75. The molecule has 1 saturated heterocycles. The minimum atomic E-state index is -3.34. The zero-order valence-electron chi connectivity index (χ0n) is 10.7. The van der Waals surface area contributed by atoms with Crippen molar-refractivity contribution < 1.29 is 8.42 Å². The second-order valence-electron chi connectivity index (χ2n) is 4.82. The Kier molecular flexibility index (Phi) is 4.09. The number of sulfonamides is 1. The van der Waals surface area contributed by atoms with Gasteiger partial charge >= 0.3 is 0 Å². The minimum absolute atomic E-state index is 0.327. The monoisotopic (exact) mass is 271 g/mol. The van der Waals surface area contributed by atoms with Crippen molar-refractivity contribution in [3.8, 4) is 0 Å². The van der Waals surface area contributed by atoms with Crippen LogP contribution in [0.25, 0.3) is 0 Å². The maximum Gasteiger partial charge on any atom is 0.244 e. The van der Waals surface area contributed by atoms with Crippen LogP contribution in [0, 0.1) is 5.92 Å². The molecule has 5 nitrogen and oxygen atoms in total. The van der Waals surface area contributed by atoms with Gasteiger partial charge in [0.25, 0.3) is 0 Å². The van der Waals surface area contributed by atoms with Crippen LogP contribution in [0.15, 0.2) is 17.2 Å². The molecule has 2 rings (SSSR count). The van der Waals surface area contributed by atoms with Crippen molar-refractivity contribution in [2.24, 2.45) is 11.7 Å². The van der Waals surface area contributed by atoms with E-state index < -0.39 is 10.0 Å². The molecule has 1 aromatic rings. The fourth-order valence-electron chi connectivity index (χ4n) is 2.39. The lowest BCUT2D eigenvalue weighted by Crippen LogP contribution is -2.38. The second-order valence-corrected chi connectivity index (χ2v) is 6.76. The van der Waals surface area contributed by atoms with Crippen molar-refractivity contribution in [1.29, 1.82) is 0 Å². The van der Waals surface area contributed by atoms with E-state index in [-0.39, 0.29) is 0 Å². The molecule has 0 aromatic carbocycles. The Bertz CT molecular complexity index is 487. The Labute approximate surface area is 108 Å². The normalized spacial score (nSPS) is 19.2. The molecule has 0 amide bonds. The number of hydrogen-bond acceptors (Lipinski definition) is 3.